The summed E-state index contributed by atoms with van der Waals surface area (Å²) >= 11 is 0. The van der Waals surface area contributed by atoms with Gasteiger partial charge in [-0.15, -0.1) is 0 Å². The molecule has 0 aromatic heterocycles. The SMILES string of the molecule is C=C(CCC)C1=C(C)C=C2C/C(=C\C3=C(C)Cc4ccccc43)C(=C)C2C1c1ccc(C(C)C)cc1CC. The second-order valence-electron chi connectivity index (χ2n) is 12.0. The van der Waals surface area contributed by atoms with Crippen LogP contribution in [0.3, 0.4) is 0 Å². The minimum atomic E-state index is 0.287. The van der Waals surface area contributed by atoms with Crippen LogP contribution in [0.25, 0.3) is 5.57 Å². The molecule has 3 aliphatic carbocycles. The average Bonchev–Trinajstić information content (AvgIpc) is 3.38. The summed E-state index contributed by atoms with van der Waals surface area (Å²) < 4.78 is 0. The minimum Gasteiger partial charge on any atom is -0.0955 e. The van der Waals surface area contributed by atoms with E-state index in [2.05, 4.69) is 103 Å². The molecule has 1 saturated carbocycles. The average molecular weight is 501 g/mol. The van der Waals surface area contributed by atoms with Gasteiger partial charge in [-0.1, -0.05) is 119 Å². The fourth-order valence-corrected chi connectivity index (χ4v) is 7.12. The van der Waals surface area contributed by atoms with Crippen molar-refractivity contribution < 1.29 is 0 Å². The molecular formula is C38H44. The molecule has 2 atom stereocenters. The molecule has 1 fully saturated rings. The molecule has 0 N–H and O–H groups in total. The third kappa shape index (κ3) is 4.53. The monoisotopic (exact) mass is 500 g/mol. The summed E-state index contributed by atoms with van der Waals surface area (Å²) in [5, 5.41) is 0. The van der Waals surface area contributed by atoms with E-state index in [1.807, 2.05) is 0 Å². The maximum atomic E-state index is 4.80. The van der Waals surface area contributed by atoms with Crippen molar-refractivity contribution in [1.82, 2.24) is 0 Å². The van der Waals surface area contributed by atoms with Crippen LogP contribution in [0.5, 0.6) is 0 Å². The molecule has 0 amide bonds. The Balaban J connectivity index is 1.63. The number of rotatable bonds is 7. The van der Waals surface area contributed by atoms with E-state index in [1.54, 1.807) is 0 Å². The first-order chi connectivity index (χ1) is 18.2. The van der Waals surface area contributed by atoms with Gasteiger partial charge in [0.25, 0.3) is 0 Å². The number of fused-ring (bicyclic) bond motifs is 2. The van der Waals surface area contributed by atoms with Crippen LogP contribution < -0.4 is 0 Å². The Kier molecular flexibility index (Phi) is 7.36. The number of hydrogen-bond acceptors (Lipinski definition) is 0. The highest BCUT2D eigenvalue weighted by atomic mass is 14.4. The van der Waals surface area contributed by atoms with E-state index in [0.29, 0.717) is 11.8 Å². The highest BCUT2D eigenvalue weighted by Gasteiger charge is 2.41. The Morgan fingerprint density at radius 3 is 2.50 bits per heavy atom. The van der Waals surface area contributed by atoms with Gasteiger partial charge in [-0.3, -0.25) is 0 Å². The number of hydrogen-bond donors (Lipinski definition) is 0. The lowest BCUT2D eigenvalue weighted by Crippen LogP contribution is -2.22. The van der Waals surface area contributed by atoms with E-state index in [-0.39, 0.29) is 5.92 Å². The molecule has 0 bridgehead atoms. The fourth-order valence-electron chi connectivity index (χ4n) is 7.12. The molecule has 0 spiro atoms. The van der Waals surface area contributed by atoms with Gasteiger partial charge in [0.1, 0.15) is 0 Å². The van der Waals surface area contributed by atoms with Crippen LogP contribution in [0.2, 0.25) is 0 Å². The number of aryl methyl sites for hydroxylation is 1. The molecular weight excluding hydrogens is 456 g/mol. The van der Waals surface area contributed by atoms with Crippen LogP contribution in [-0.4, -0.2) is 0 Å². The van der Waals surface area contributed by atoms with E-state index in [9.17, 15) is 0 Å². The fraction of sp³-hybridized carbons (Fsp3) is 0.368. The van der Waals surface area contributed by atoms with E-state index < -0.39 is 0 Å². The Bertz CT molecular complexity index is 1430. The summed E-state index contributed by atoms with van der Waals surface area (Å²) in [5.41, 5.74) is 18.5. The van der Waals surface area contributed by atoms with E-state index in [4.69, 9.17) is 6.58 Å². The summed E-state index contributed by atoms with van der Waals surface area (Å²) in [7, 11) is 0. The molecule has 2 unspecified atom stereocenters. The predicted octanol–water partition coefficient (Wildman–Crippen LogP) is 10.6. The predicted molar refractivity (Wildman–Crippen MR) is 166 cm³/mol. The largest absolute Gasteiger partial charge is 0.0955 e. The highest BCUT2D eigenvalue weighted by molar-refractivity contribution is 5.84. The zero-order valence-electron chi connectivity index (χ0n) is 24.4. The van der Waals surface area contributed by atoms with Crippen LogP contribution in [0.1, 0.15) is 100 Å². The van der Waals surface area contributed by atoms with Crippen molar-refractivity contribution >= 4 is 5.57 Å². The van der Waals surface area contributed by atoms with Gasteiger partial charge in [0.05, 0.1) is 0 Å². The summed E-state index contributed by atoms with van der Waals surface area (Å²) in [6.07, 6.45) is 10.2. The topological polar surface area (TPSA) is 0 Å². The molecule has 2 aromatic carbocycles. The first kappa shape index (κ1) is 26.5. The molecule has 196 valence electrons. The van der Waals surface area contributed by atoms with Gasteiger partial charge in [0.15, 0.2) is 0 Å². The second-order valence-corrected chi connectivity index (χ2v) is 12.0. The molecule has 0 radical (unpaired) electrons. The smallest absolute Gasteiger partial charge is 0.0203 e. The van der Waals surface area contributed by atoms with Crippen molar-refractivity contribution in [1.29, 1.82) is 0 Å². The van der Waals surface area contributed by atoms with Gasteiger partial charge in [-0.05, 0) is 101 Å². The van der Waals surface area contributed by atoms with Crippen molar-refractivity contribution in [2.24, 2.45) is 5.92 Å². The van der Waals surface area contributed by atoms with E-state index in [1.165, 1.54) is 72.4 Å². The van der Waals surface area contributed by atoms with Crippen molar-refractivity contribution in [2.75, 3.05) is 0 Å². The lowest BCUT2D eigenvalue weighted by Gasteiger charge is -2.36. The van der Waals surface area contributed by atoms with Crippen molar-refractivity contribution in [3.63, 3.8) is 0 Å². The Labute approximate surface area is 231 Å². The van der Waals surface area contributed by atoms with Gasteiger partial charge < -0.3 is 0 Å². The Morgan fingerprint density at radius 1 is 1.03 bits per heavy atom. The maximum Gasteiger partial charge on any atom is 0.0203 e. The van der Waals surface area contributed by atoms with E-state index >= 15 is 0 Å². The van der Waals surface area contributed by atoms with Crippen LogP contribution in [0.15, 0.2) is 107 Å². The van der Waals surface area contributed by atoms with Gasteiger partial charge in [0, 0.05) is 11.8 Å². The number of allylic oxidation sites excluding steroid dienone is 10. The maximum absolute atomic E-state index is 4.80. The molecule has 0 aliphatic heterocycles. The standard InChI is InChI=1S/C38H44/c1-9-13-24(5)36-26(7)19-32-21-31(22-35-25(6)18-30-14-11-12-15-33(30)35)27(8)37(32)38(36)34-17-16-29(23(3)4)20-28(34)10-2/h11-12,14-17,19-20,22-23,37-38H,5,8-10,13,18,21H2,1-4,6-7H3/b31-22+. The minimum absolute atomic E-state index is 0.287. The van der Waals surface area contributed by atoms with Crippen LogP contribution in [0.4, 0.5) is 0 Å². The molecule has 5 rings (SSSR count). The molecule has 0 saturated heterocycles. The van der Waals surface area contributed by atoms with Crippen molar-refractivity contribution in [2.45, 2.75) is 85.5 Å². The normalized spacial score (nSPS) is 21.9. The van der Waals surface area contributed by atoms with Gasteiger partial charge in [-0.2, -0.15) is 0 Å². The van der Waals surface area contributed by atoms with Crippen molar-refractivity contribution in [3.05, 3.63) is 135 Å². The Hall–Kier alpha value is -3.12. The van der Waals surface area contributed by atoms with Gasteiger partial charge >= 0.3 is 0 Å². The summed E-state index contributed by atoms with van der Waals surface area (Å²) in [6.45, 7) is 23.2. The lowest BCUT2D eigenvalue weighted by atomic mass is 9.68. The molecule has 3 aliphatic rings. The van der Waals surface area contributed by atoms with Crippen LogP contribution >= 0.6 is 0 Å². The van der Waals surface area contributed by atoms with Crippen LogP contribution in [-0.2, 0) is 12.8 Å². The lowest BCUT2D eigenvalue weighted by molar-refractivity contribution is 0.614. The second kappa shape index (κ2) is 10.6. The molecule has 38 heavy (non-hydrogen) atoms. The van der Waals surface area contributed by atoms with Crippen molar-refractivity contribution in [3.8, 4) is 0 Å². The molecule has 0 heterocycles. The Morgan fingerprint density at radius 2 is 1.79 bits per heavy atom. The molecule has 0 heteroatoms. The zero-order valence-corrected chi connectivity index (χ0v) is 24.4. The zero-order chi connectivity index (χ0) is 27.1. The summed E-state index contributed by atoms with van der Waals surface area (Å²) in [6, 6.07) is 16.2. The molecule has 2 aromatic rings. The quantitative estimate of drug-likeness (QED) is 0.355. The third-order valence-corrected chi connectivity index (χ3v) is 9.08. The summed E-state index contributed by atoms with van der Waals surface area (Å²) in [4.78, 5) is 0. The number of benzene rings is 2. The van der Waals surface area contributed by atoms with E-state index in [0.717, 1.165) is 32.1 Å². The third-order valence-electron chi connectivity index (χ3n) is 9.08. The first-order valence-electron chi connectivity index (χ1n) is 14.6. The van der Waals surface area contributed by atoms with Gasteiger partial charge in [0.2, 0.25) is 0 Å². The first-order valence-corrected chi connectivity index (χ1v) is 14.6. The van der Waals surface area contributed by atoms with Gasteiger partial charge in [-0.25, -0.2) is 0 Å². The highest BCUT2D eigenvalue weighted by Crippen LogP contribution is 2.56. The molecule has 0 nitrogen and oxygen atoms in total. The summed E-state index contributed by atoms with van der Waals surface area (Å²) in [5.74, 6) is 1.13. The van der Waals surface area contributed by atoms with Crippen LogP contribution in [0, 0.1) is 5.92 Å².